The van der Waals surface area contributed by atoms with E-state index in [9.17, 15) is 0 Å². The molecule has 0 radical (unpaired) electrons. The number of nitrogens with one attached hydrogen (secondary N) is 1. The van der Waals surface area contributed by atoms with E-state index >= 15 is 0 Å². The fourth-order valence-corrected chi connectivity index (χ4v) is 4.02. The van der Waals surface area contributed by atoms with Gasteiger partial charge < -0.3 is 20.7 Å². The number of nitrogens with two attached hydrogens (primary N) is 1. The Labute approximate surface area is 206 Å². The Bertz CT molecular complexity index is 926. The Hall–Kier alpha value is -2.53. The lowest BCUT2D eigenvalue weighted by Gasteiger charge is -2.37. The van der Waals surface area contributed by atoms with Crippen LogP contribution in [0.3, 0.4) is 0 Å². The van der Waals surface area contributed by atoms with Crippen molar-refractivity contribution in [1.29, 1.82) is 0 Å². The minimum absolute atomic E-state index is 0.0164. The fraction of sp³-hybridized carbons (Fsp3) is 0.552. The zero-order chi connectivity index (χ0) is 24.8. The number of rotatable bonds is 7. The summed E-state index contributed by atoms with van der Waals surface area (Å²) in [5.41, 5.74) is 9.56. The van der Waals surface area contributed by atoms with Crippen molar-refractivity contribution in [2.24, 2.45) is 16.1 Å². The molecule has 1 saturated heterocycles. The minimum atomic E-state index is 0.0164. The van der Waals surface area contributed by atoms with E-state index in [0.29, 0.717) is 19.2 Å². The van der Waals surface area contributed by atoms with Crippen molar-refractivity contribution < 1.29 is 4.74 Å². The molecule has 2 aromatic carbocycles. The molecule has 0 bridgehead atoms. The maximum atomic E-state index is 6.03. The van der Waals surface area contributed by atoms with Crippen molar-refractivity contribution in [3.05, 3.63) is 59.7 Å². The minimum Gasteiger partial charge on any atom is -0.489 e. The number of piperidine rings is 1. The average Bonchev–Trinajstić information content (AvgIpc) is 2.81. The molecule has 5 nitrogen and oxygen atoms in total. The molecule has 1 aliphatic rings. The fourth-order valence-electron chi connectivity index (χ4n) is 4.02. The van der Waals surface area contributed by atoms with Gasteiger partial charge in [-0.2, -0.15) is 0 Å². The number of likely N-dealkylation sites (tertiary alicyclic amines) is 1. The van der Waals surface area contributed by atoms with E-state index in [1.165, 1.54) is 30.4 Å². The van der Waals surface area contributed by atoms with Gasteiger partial charge in [0.05, 0.1) is 5.69 Å². The molecule has 3 rings (SSSR count). The van der Waals surface area contributed by atoms with Gasteiger partial charge in [0.15, 0.2) is 5.96 Å². The Kier molecular flexibility index (Phi) is 8.64. The van der Waals surface area contributed by atoms with Gasteiger partial charge in [-0.3, -0.25) is 0 Å². The maximum Gasteiger partial charge on any atom is 0.199 e. The summed E-state index contributed by atoms with van der Waals surface area (Å²) in [4.78, 5) is 7.40. The zero-order valence-electron chi connectivity index (χ0n) is 22.0. The normalized spacial score (nSPS) is 17.6. The van der Waals surface area contributed by atoms with Gasteiger partial charge in [0.25, 0.3) is 0 Å². The molecule has 1 unspecified atom stereocenters. The second kappa shape index (κ2) is 11.3. The van der Waals surface area contributed by atoms with Crippen LogP contribution >= 0.6 is 0 Å². The van der Waals surface area contributed by atoms with Crippen LogP contribution in [0.15, 0.2) is 53.5 Å². The van der Waals surface area contributed by atoms with E-state index < -0.39 is 0 Å². The molecule has 186 valence electrons. The Morgan fingerprint density at radius 2 is 1.71 bits per heavy atom. The monoisotopic (exact) mass is 464 g/mol. The first-order valence-corrected chi connectivity index (χ1v) is 12.7. The van der Waals surface area contributed by atoms with Gasteiger partial charge in [0.1, 0.15) is 12.4 Å². The smallest absolute Gasteiger partial charge is 0.199 e. The Morgan fingerprint density at radius 1 is 1.03 bits per heavy atom. The molecule has 1 aliphatic heterocycles. The van der Waals surface area contributed by atoms with Crippen LogP contribution in [0, 0.1) is 5.41 Å². The van der Waals surface area contributed by atoms with Gasteiger partial charge >= 0.3 is 0 Å². The van der Waals surface area contributed by atoms with Crippen LogP contribution < -0.4 is 15.8 Å². The first-order chi connectivity index (χ1) is 16.1. The lowest BCUT2D eigenvalue weighted by atomic mass is 9.87. The molecule has 0 amide bonds. The molecule has 0 aromatic heterocycles. The second-order valence-corrected chi connectivity index (χ2v) is 11.4. The molecule has 1 atom stereocenters. The second-order valence-electron chi connectivity index (χ2n) is 11.4. The van der Waals surface area contributed by atoms with Crippen LogP contribution in [0.1, 0.15) is 71.9 Å². The summed E-state index contributed by atoms with van der Waals surface area (Å²) in [6, 6.07) is 17.2. The molecule has 1 fully saturated rings. The summed E-state index contributed by atoms with van der Waals surface area (Å²) < 4.78 is 6.03. The van der Waals surface area contributed by atoms with E-state index in [1.54, 1.807) is 0 Å². The summed E-state index contributed by atoms with van der Waals surface area (Å²) in [5, 5.41) is 3.60. The molecule has 1 heterocycles. The van der Waals surface area contributed by atoms with Crippen LogP contribution in [0.5, 0.6) is 5.75 Å². The van der Waals surface area contributed by atoms with Crippen molar-refractivity contribution in [3.63, 3.8) is 0 Å². The molecule has 0 aliphatic carbocycles. The molecule has 5 heteroatoms. The van der Waals surface area contributed by atoms with Crippen LogP contribution in [-0.4, -0.2) is 36.5 Å². The lowest BCUT2D eigenvalue weighted by molar-refractivity contribution is 0.246. The lowest BCUT2D eigenvalue weighted by Crippen LogP contribution is -2.51. The number of hydrogen-bond donors (Lipinski definition) is 2. The van der Waals surface area contributed by atoms with Crippen LogP contribution in [0.4, 0.5) is 5.69 Å². The number of ether oxygens (including phenoxy) is 1. The highest BCUT2D eigenvalue weighted by Crippen LogP contribution is 2.24. The van der Waals surface area contributed by atoms with Crippen LogP contribution in [0.2, 0.25) is 0 Å². The van der Waals surface area contributed by atoms with Gasteiger partial charge in [-0.15, -0.1) is 0 Å². The van der Waals surface area contributed by atoms with E-state index in [0.717, 1.165) is 30.5 Å². The number of aliphatic imine (C=N–C) groups is 1. The molecule has 34 heavy (non-hydrogen) atoms. The predicted molar refractivity (Wildman–Crippen MR) is 144 cm³/mol. The zero-order valence-corrected chi connectivity index (χ0v) is 22.0. The molecule has 0 spiro atoms. The standard InChI is InChI=1S/C29H44N4O/c1-22-9-7-8-18-33(22)27(31-21-29(5,6)20-30)32-25-14-16-26(17-15-25)34-19-23-10-12-24(13-11-23)28(2,3)4/h10-17,22H,7-9,18-21,30H2,1-6H3,(H,31,32). The third-order valence-corrected chi connectivity index (χ3v) is 6.65. The summed E-state index contributed by atoms with van der Waals surface area (Å²) in [6.07, 6.45) is 3.68. The van der Waals surface area contributed by atoms with E-state index in [2.05, 4.69) is 76.0 Å². The van der Waals surface area contributed by atoms with Crippen molar-refractivity contribution >= 4 is 11.6 Å². The van der Waals surface area contributed by atoms with Crippen molar-refractivity contribution in [2.75, 3.05) is 19.6 Å². The molecular weight excluding hydrogens is 420 g/mol. The SMILES string of the molecule is CC1CCCCN1/C(=N\c1ccc(OCc2ccc(C(C)(C)C)cc2)cc1)NCC(C)(C)CN. The quantitative estimate of drug-likeness (QED) is 0.390. The Morgan fingerprint density at radius 3 is 2.29 bits per heavy atom. The highest BCUT2D eigenvalue weighted by molar-refractivity contribution is 5.83. The highest BCUT2D eigenvalue weighted by atomic mass is 16.5. The largest absolute Gasteiger partial charge is 0.489 e. The van der Waals surface area contributed by atoms with Crippen LogP contribution in [-0.2, 0) is 12.0 Å². The molecule has 3 N–H and O–H groups in total. The molecule has 0 saturated carbocycles. The number of guanidine groups is 1. The van der Waals surface area contributed by atoms with Gasteiger partial charge in [0.2, 0.25) is 0 Å². The van der Waals surface area contributed by atoms with E-state index in [1.807, 2.05) is 24.3 Å². The summed E-state index contributed by atoms with van der Waals surface area (Å²) in [7, 11) is 0. The third-order valence-electron chi connectivity index (χ3n) is 6.65. The number of benzene rings is 2. The van der Waals surface area contributed by atoms with Gasteiger partial charge in [0, 0.05) is 19.1 Å². The highest BCUT2D eigenvalue weighted by Gasteiger charge is 2.24. The van der Waals surface area contributed by atoms with Crippen molar-refractivity contribution in [3.8, 4) is 5.75 Å². The summed E-state index contributed by atoms with van der Waals surface area (Å²) >= 11 is 0. The van der Waals surface area contributed by atoms with Gasteiger partial charge in [-0.05, 0) is 79.0 Å². The predicted octanol–water partition coefficient (Wildman–Crippen LogP) is 6.00. The summed E-state index contributed by atoms with van der Waals surface area (Å²) in [5.74, 6) is 1.80. The van der Waals surface area contributed by atoms with E-state index in [4.69, 9.17) is 15.5 Å². The first kappa shape index (κ1) is 26.1. The van der Waals surface area contributed by atoms with Crippen molar-refractivity contribution in [2.45, 2.75) is 78.9 Å². The topological polar surface area (TPSA) is 62.9 Å². The molecule has 2 aromatic rings. The van der Waals surface area contributed by atoms with Crippen LogP contribution in [0.25, 0.3) is 0 Å². The summed E-state index contributed by atoms with van der Waals surface area (Å²) in [6.45, 7) is 16.4. The third kappa shape index (κ3) is 7.49. The average molecular weight is 465 g/mol. The van der Waals surface area contributed by atoms with Gasteiger partial charge in [-0.25, -0.2) is 4.99 Å². The Balaban J connectivity index is 1.67. The van der Waals surface area contributed by atoms with Crippen molar-refractivity contribution in [1.82, 2.24) is 10.2 Å². The number of hydrogen-bond acceptors (Lipinski definition) is 3. The van der Waals surface area contributed by atoms with Gasteiger partial charge in [-0.1, -0.05) is 58.9 Å². The number of nitrogens with zero attached hydrogens (tertiary/aromatic N) is 2. The maximum absolute atomic E-state index is 6.03. The van der Waals surface area contributed by atoms with E-state index in [-0.39, 0.29) is 10.8 Å². The first-order valence-electron chi connectivity index (χ1n) is 12.7. The molecular formula is C29H44N4O.